The Morgan fingerprint density at radius 2 is 1.72 bits per heavy atom. The van der Waals surface area contributed by atoms with Crippen molar-refractivity contribution in [2.75, 3.05) is 12.8 Å². The van der Waals surface area contributed by atoms with Crippen LogP contribution < -0.4 is 15.8 Å². The third-order valence-electron chi connectivity index (χ3n) is 3.80. The summed E-state index contributed by atoms with van der Waals surface area (Å²) in [6.45, 7) is 0. The molecule has 0 fully saturated rings. The molecule has 6 heteroatoms. The lowest BCUT2D eigenvalue weighted by Crippen LogP contribution is -2.31. The first kappa shape index (κ1) is 16.4. The van der Waals surface area contributed by atoms with Crippen LogP contribution in [0.25, 0.3) is 0 Å². The van der Waals surface area contributed by atoms with Gasteiger partial charge in [-0.2, -0.15) is 0 Å². The Bertz CT molecular complexity index is 868. The summed E-state index contributed by atoms with van der Waals surface area (Å²) in [6.07, 6.45) is 2.88. The fraction of sp³-hybridized carbons (Fsp3) is 0.105. The normalized spacial score (nSPS) is 11.6. The molecule has 0 aliphatic carbocycles. The maximum atomic E-state index is 12.7. The van der Waals surface area contributed by atoms with Crippen LogP contribution in [-0.4, -0.2) is 23.0 Å². The molecule has 1 amide bonds. The van der Waals surface area contributed by atoms with E-state index in [-0.39, 0.29) is 11.5 Å². The smallest absolute Gasteiger partial charge is 0.274 e. The lowest BCUT2D eigenvalue weighted by Gasteiger charge is -2.22. The summed E-state index contributed by atoms with van der Waals surface area (Å²) in [4.78, 5) is 20.6. The van der Waals surface area contributed by atoms with Gasteiger partial charge in [-0.05, 0) is 11.6 Å². The highest BCUT2D eigenvalue weighted by atomic mass is 16.5. The number of ether oxygens (including phenoxy) is 1. The standard InChI is InChI=1S/C19H18N4O2/c1-25-15-10-6-5-9-14(15)16(13-7-3-2-4-8-13)23-19(24)17-18(20)22-12-11-21-17/h2-12,16H,1H3,(H2,20,22)(H,23,24)/t16-/m0/s1. The van der Waals surface area contributed by atoms with Crippen LogP contribution in [0.2, 0.25) is 0 Å². The van der Waals surface area contributed by atoms with E-state index < -0.39 is 11.9 Å². The van der Waals surface area contributed by atoms with Crippen LogP contribution in [0.5, 0.6) is 5.75 Å². The number of nitrogens with one attached hydrogen (secondary N) is 1. The topological polar surface area (TPSA) is 90.1 Å². The van der Waals surface area contributed by atoms with E-state index in [2.05, 4.69) is 15.3 Å². The van der Waals surface area contributed by atoms with Crippen LogP contribution in [0, 0.1) is 0 Å². The number of nitrogen functional groups attached to an aromatic ring is 1. The van der Waals surface area contributed by atoms with Gasteiger partial charge < -0.3 is 15.8 Å². The molecule has 1 atom stereocenters. The zero-order chi connectivity index (χ0) is 17.6. The summed E-state index contributed by atoms with van der Waals surface area (Å²) >= 11 is 0. The number of nitrogens with two attached hydrogens (primary N) is 1. The van der Waals surface area contributed by atoms with Crippen molar-refractivity contribution < 1.29 is 9.53 Å². The average molecular weight is 334 g/mol. The number of aromatic nitrogens is 2. The lowest BCUT2D eigenvalue weighted by molar-refractivity contribution is 0.0938. The van der Waals surface area contributed by atoms with Gasteiger partial charge in [0.15, 0.2) is 11.5 Å². The van der Waals surface area contributed by atoms with Gasteiger partial charge in [0.1, 0.15) is 5.75 Å². The van der Waals surface area contributed by atoms with Crippen LogP contribution >= 0.6 is 0 Å². The van der Waals surface area contributed by atoms with E-state index in [1.165, 1.54) is 12.4 Å². The number of hydrogen-bond donors (Lipinski definition) is 2. The van der Waals surface area contributed by atoms with Crippen LogP contribution in [0.1, 0.15) is 27.7 Å². The number of amides is 1. The molecule has 0 aliphatic heterocycles. The van der Waals surface area contributed by atoms with Gasteiger partial charge in [-0.3, -0.25) is 4.79 Å². The average Bonchev–Trinajstić information content (AvgIpc) is 2.67. The van der Waals surface area contributed by atoms with Crippen molar-refractivity contribution >= 4 is 11.7 Å². The summed E-state index contributed by atoms with van der Waals surface area (Å²) in [7, 11) is 1.60. The summed E-state index contributed by atoms with van der Waals surface area (Å²) in [5.41, 5.74) is 7.63. The van der Waals surface area contributed by atoms with E-state index in [1.54, 1.807) is 7.11 Å². The molecule has 0 saturated carbocycles. The summed E-state index contributed by atoms with van der Waals surface area (Å²) in [5, 5.41) is 2.98. The zero-order valence-corrected chi connectivity index (χ0v) is 13.7. The monoisotopic (exact) mass is 334 g/mol. The maximum Gasteiger partial charge on any atom is 0.274 e. The molecule has 1 aromatic heterocycles. The van der Waals surface area contributed by atoms with Crippen LogP contribution in [0.15, 0.2) is 67.0 Å². The Morgan fingerprint density at radius 1 is 1.04 bits per heavy atom. The first-order valence-electron chi connectivity index (χ1n) is 7.76. The third kappa shape index (κ3) is 3.58. The van der Waals surface area contributed by atoms with Gasteiger partial charge in [-0.15, -0.1) is 0 Å². The fourth-order valence-corrected chi connectivity index (χ4v) is 2.61. The molecule has 0 bridgehead atoms. The highest BCUT2D eigenvalue weighted by molar-refractivity contribution is 5.96. The van der Waals surface area contributed by atoms with E-state index in [9.17, 15) is 4.79 Å². The second kappa shape index (κ2) is 7.44. The minimum Gasteiger partial charge on any atom is -0.496 e. The van der Waals surface area contributed by atoms with Gasteiger partial charge in [0.05, 0.1) is 13.2 Å². The molecular weight excluding hydrogens is 316 g/mol. The Balaban J connectivity index is 2.01. The van der Waals surface area contributed by atoms with E-state index in [0.717, 1.165) is 11.1 Å². The van der Waals surface area contributed by atoms with Crippen LogP contribution in [-0.2, 0) is 0 Å². The van der Waals surface area contributed by atoms with Crippen LogP contribution in [0.4, 0.5) is 5.82 Å². The van der Waals surface area contributed by atoms with E-state index in [1.807, 2.05) is 54.6 Å². The molecule has 126 valence electrons. The number of benzene rings is 2. The first-order valence-corrected chi connectivity index (χ1v) is 7.76. The molecule has 0 saturated heterocycles. The van der Waals surface area contributed by atoms with Gasteiger partial charge in [0.25, 0.3) is 5.91 Å². The van der Waals surface area contributed by atoms with Crippen molar-refractivity contribution in [1.82, 2.24) is 15.3 Å². The number of para-hydroxylation sites is 1. The van der Waals surface area contributed by atoms with Gasteiger partial charge in [0.2, 0.25) is 0 Å². The molecule has 6 nitrogen and oxygen atoms in total. The minimum absolute atomic E-state index is 0.0897. The van der Waals surface area contributed by atoms with E-state index in [0.29, 0.717) is 5.75 Å². The first-order chi connectivity index (χ1) is 12.2. The predicted octanol–water partition coefficient (Wildman–Crippen LogP) is 2.59. The number of hydrogen-bond acceptors (Lipinski definition) is 5. The molecule has 1 heterocycles. The lowest BCUT2D eigenvalue weighted by atomic mass is 9.97. The summed E-state index contributed by atoms with van der Waals surface area (Å²) < 4.78 is 5.45. The molecule has 3 N–H and O–H groups in total. The molecule has 0 unspecified atom stereocenters. The molecular formula is C19H18N4O2. The van der Waals surface area contributed by atoms with Gasteiger partial charge in [-0.1, -0.05) is 48.5 Å². The van der Waals surface area contributed by atoms with Crippen molar-refractivity contribution in [1.29, 1.82) is 0 Å². The quantitative estimate of drug-likeness (QED) is 0.748. The number of anilines is 1. The fourth-order valence-electron chi connectivity index (χ4n) is 2.61. The molecule has 3 aromatic rings. The largest absolute Gasteiger partial charge is 0.496 e. The number of nitrogens with zero attached hydrogens (tertiary/aromatic N) is 2. The van der Waals surface area contributed by atoms with Crippen molar-refractivity contribution in [3.63, 3.8) is 0 Å². The Morgan fingerprint density at radius 3 is 2.44 bits per heavy atom. The number of rotatable bonds is 5. The van der Waals surface area contributed by atoms with Crippen molar-refractivity contribution in [2.24, 2.45) is 0 Å². The van der Waals surface area contributed by atoms with Crippen molar-refractivity contribution in [2.45, 2.75) is 6.04 Å². The highest BCUT2D eigenvalue weighted by Crippen LogP contribution is 2.30. The molecule has 25 heavy (non-hydrogen) atoms. The molecule has 0 radical (unpaired) electrons. The Kier molecular flexibility index (Phi) is 4.89. The van der Waals surface area contributed by atoms with Crippen molar-refractivity contribution in [3.05, 3.63) is 83.8 Å². The molecule has 0 aliphatic rings. The zero-order valence-electron chi connectivity index (χ0n) is 13.7. The highest BCUT2D eigenvalue weighted by Gasteiger charge is 2.22. The van der Waals surface area contributed by atoms with Gasteiger partial charge in [-0.25, -0.2) is 9.97 Å². The van der Waals surface area contributed by atoms with Crippen LogP contribution in [0.3, 0.4) is 0 Å². The SMILES string of the molecule is COc1ccccc1[C@@H](NC(=O)c1nccnc1N)c1ccccc1. The Hall–Kier alpha value is -3.41. The molecule has 2 aromatic carbocycles. The second-order valence-corrected chi connectivity index (χ2v) is 5.35. The second-order valence-electron chi connectivity index (χ2n) is 5.35. The van der Waals surface area contributed by atoms with Gasteiger partial charge >= 0.3 is 0 Å². The molecule has 3 rings (SSSR count). The molecule has 0 spiro atoms. The van der Waals surface area contributed by atoms with Gasteiger partial charge in [0, 0.05) is 18.0 Å². The van der Waals surface area contributed by atoms with Crippen molar-refractivity contribution in [3.8, 4) is 5.75 Å². The number of carbonyl (C=O) groups is 1. The number of carbonyl (C=O) groups excluding carboxylic acids is 1. The van der Waals surface area contributed by atoms with E-state index >= 15 is 0 Å². The minimum atomic E-state index is -0.411. The number of methoxy groups -OCH3 is 1. The summed E-state index contributed by atoms with van der Waals surface area (Å²) in [5.74, 6) is 0.376. The summed E-state index contributed by atoms with van der Waals surface area (Å²) in [6, 6.07) is 16.8. The predicted molar refractivity (Wildman–Crippen MR) is 95.2 cm³/mol. The maximum absolute atomic E-state index is 12.7. The Labute approximate surface area is 145 Å². The third-order valence-corrected chi connectivity index (χ3v) is 3.80. The van der Waals surface area contributed by atoms with E-state index in [4.69, 9.17) is 10.5 Å².